The maximum absolute atomic E-state index is 13.0. The molecule has 1 N–H and O–H groups in total. The van der Waals surface area contributed by atoms with E-state index in [1.807, 2.05) is 6.07 Å². The quantitative estimate of drug-likeness (QED) is 0.296. The number of carbonyl (C=O) groups is 2. The molecular weight excluding hydrogens is 423 g/mol. The van der Waals surface area contributed by atoms with Crippen molar-refractivity contribution in [2.75, 3.05) is 11.9 Å². The van der Waals surface area contributed by atoms with Gasteiger partial charge < -0.3 is 14.8 Å². The summed E-state index contributed by atoms with van der Waals surface area (Å²) in [6.07, 6.45) is 1.46. The number of hydrogen-bond acceptors (Lipinski definition) is 5. The number of anilines is 1. The summed E-state index contributed by atoms with van der Waals surface area (Å²) < 4.78 is 23.5. The van der Waals surface area contributed by atoms with E-state index in [4.69, 9.17) is 9.47 Å². The van der Waals surface area contributed by atoms with Crippen molar-refractivity contribution in [3.05, 3.63) is 101 Å². The van der Waals surface area contributed by atoms with Crippen LogP contribution in [0.15, 0.2) is 78.4 Å². The molecule has 33 heavy (non-hydrogen) atoms. The van der Waals surface area contributed by atoms with E-state index in [9.17, 15) is 19.2 Å². The molecule has 0 bridgehead atoms. The second-order valence-electron chi connectivity index (χ2n) is 6.91. The van der Waals surface area contributed by atoms with Gasteiger partial charge in [-0.2, -0.15) is 5.26 Å². The molecule has 3 aromatic carbocycles. The number of benzene rings is 3. The van der Waals surface area contributed by atoms with Crippen molar-refractivity contribution in [1.29, 1.82) is 5.26 Å². The van der Waals surface area contributed by atoms with Crippen LogP contribution in [0.1, 0.15) is 28.4 Å². The first kappa shape index (κ1) is 23.2. The second-order valence-corrected chi connectivity index (χ2v) is 6.91. The Hall–Kier alpha value is -4.44. The molecule has 3 rings (SSSR count). The fraction of sp³-hybridized carbons (Fsp3) is 0.115. The van der Waals surface area contributed by atoms with E-state index in [-0.39, 0.29) is 24.6 Å². The van der Waals surface area contributed by atoms with Crippen molar-refractivity contribution in [3.63, 3.8) is 0 Å². The van der Waals surface area contributed by atoms with Crippen LogP contribution >= 0.6 is 0 Å². The lowest BCUT2D eigenvalue weighted by molar-refractivity contribution is -0.112. The second kappa shape index (κ2) is 11.3. The summed E-state index contributed by atoms with van der Waals surface area (Å²) >= 11 is 0. The molecule has 0 heterocycles. The van der Waals surface area contributed by atoms with Crippen molar-refractivity contribution in [3.8, 4) is 11.8 Å². The summed E-state index contributed by atoms with van der Waals surface area (Å²) in [6, 6.07) is 21.0. The fourth-order valence-electron chi connectivity index (χ4n) is 2.83. The van der Waals surface area contributed by atoms with Gasteiger partial charge in [-0.3, -0.25) is 4.79 Å². The molecule has 0 saturated carbocycles. The number of nitrogens with zero attached hydrogens (tertiary/aromatic N) is 1. The molecule has 166 valence electrons. The third-order valence-electron chi connectivity index (χ3n) is 4.53. The maximum Gasteiger partial charge on any atom is 0.338 e. The van der Waals surface area contributed by atoms with Crippen LogP contribution < -0.4 is 10.1 Å². The molecular formula is C26H21FN2O4. The van der Waals surface area contributed by atoms with E-state index >= 15 is 0 Å². The van der Waals surface area contributed by atoms with Crippen molar-refractivity contribution in [2.24, 2.45) is 0 Å². The van der Waals surface area contributed by atoms with Gasteiger partial charge in [0, 0.05) is 5.69 Å². The molecule has 0 atom stereocenters. The van der Waals surface area contributed by atoms with Crippen molar-refractivity contribution >= 4 is 23.6 Å². The molecule has 0 unspecified atom stereocenters. The number of hydrogen-bond donors (Lipinski definition) is 1. The van der Waals surface area contributed by atoms with Gasteiger partial charge in [-0.05, 0) is 72.7 Å². The third kappa shape index (κ3) is 6.77. The van der Waals surface area contributed by atoms with Gasteiger partial charge in [0.15, 0.2) is 0 Å². The molecule has 0 radical (unpaired) electrons. The lowest BCUT2D eigenvalue weighted by atomic mass is 10.1. The van der Waals surface area contributed by atoms with Gasteiger partial charge in [-0.25, -0.2) is 9.18 Å². The van der Waals surface area contributed by atoms with E-state index in [0.717, 1.165) is 5.56 Å². The number of ether oxygens (including phenoxy) is 2. The lowest BCUT2D eigenvalue weighted by Gasteiger charge is -2.07. The Bertz CT molecular complexity index is 1180. The highest BCUT2D eigenvalue weighted by Gasteiger charge is 2.11. The minimum Gasteiger partial charge on any atom is -0.489 e. The summed E-state index contributed by atoms with van der Waals surface area (Å²) in [5, 5.41) is 12.0. The zero-order valence-corrected chi connectivity index (χ0v) is 17.9. The zero-order valence-electron chi connectivity index (χ0n) is 17.9. The molecule has 7 heteroatoms. The Labute approximate surface area is 190 Å². The highest BCUT2D eigenvalue weighted by molar-refractivity contribution is 6.09. The van der Waals surface area contributed by atoms with E-state index in [0.29, 0.717) is 22.6 Å². The first-order chi connectivity index (χ1) is 16.0. The summed E-state index contributed by atoms with van der Waals surface area (Å²) in [7, 11) is 0. The Morgan fingerprint density at radius 3 is 2.27 bits per heavy atom. The predicted octanol–water partition coefficient (Wildman–Crippen LogP) is 5.13. The molecule has 3 aromatic rings. The Morgan fingerprint density at radius 1 is 1.00 bits per heavy atom. The number of esters is 1. The van der Waals surface area contributed by atoms with Gasteiger partial charge in [0.25, 0.3) is 5.91 Å². The molecule has 1 amide bonds. The van der Waals surface area contributed by atoms with Crippen LogP contribution in [-0.4, -0.2) is 18.5 Å². The van der Waals surface area contributed by atoms with Gasteiger partial charge in [-0.1, -0.05) is 24.3 Å². The van der Waals surface area contributed by atoms with Crippen LogP contribution in [0.25, 0.3) is 6.08 Å². The summed E-state index contributed by atoms with van der Waals surface area (Å²) in [5.41, 5.74) is 2.21. The maximum atomic E-state index is 13.0. The molecule has 0 aromatic heterocycles. The highest BCUT2D eigenvalue weighted by atomic mass is 19.1. The Kier molecular flexibility index (Phi) is 7.92. The van der Waals surface area contributed by atoms with Crippen LogP contribution in [0.5, 0.6) is 5.75 Å². The molecule has 0 spiro atoms. The van der Waals surface area contributed by atoms with Crippen LogP contribution in [0.2, 0.25) is 0 Å². The van der Waals surface area contributed by atoms with Crippen molar-refractivity contribution in [2.45, 2.75) is 13.5 Å². The number of halogens is 1. The lowest BCUT2D eigenvalue weighted by Crippen LogP contribution is -2.13. The predicted molar refractivity (Wildman–Crippen MR) is 122 cm³/mol. The summed E-state index contributed by atoms with van der Waals surface area (Å²) in [4.78, 5) is 24.2. The molecule has 0 saturated heterocycles. The van der Waals surface area contributed by atoms with Gasteiger partial charge in [0.2, 0.25) is 0 Å². The average Bonchev–Trinajstić information content (AvgIpc) is 2.83. The smallest absolute Gasteiger partial charge is 0.338 e. The normalized spacial score (nSPS) is 10.8. The van der Waals surface area contributed by atoms with E-state index in [1.165, 1.54) is 30.3 Å². The van der Waals surface area contributed by atoms with Crippen molar-refractivity contribution in [1.82, 2.24) is 0 Å². The van der Waals surface area contributed by atoms with Gasteiger partial charge >= 0.3 is 5.97 Å². The van der Waals surface area contributed by atoms with Gasteiger partial charge in [0.05, 0.1) is 12.2 Å². The third-order valence-corrected chi connectivity index (χ3v) is 4.53. The molecule has 0 aliphatic carbocycles. The van der Waals surface area contributed by atoms with Gasteiger partial charge in [-0.15, -0.1) is 0 Å². The van der Waals surface area contributed by atoms with E-state index in [1.54, 1.807) is 55.5 Å². The minimum atomic E-state index is -0.571. The number of amides is 1. The fourth-order valence-corrected chi connectivity index (χ4v) is 2.83. The number of carbonyl (C=O) groups excluding carboxylic acids is 2. The summed E-state index contributed by atoms with van der Waals surface area (Å²) in [6.45, 7) is 2.28. The number of nitriles is 1. The summed E-state index contributed by atoms with van der Waals surface area (Å²) in [5.74, 6) is -0.724. The monoisotopic (exact) mass is 444 g/mol. The SMILES string of the molecule is CCOC(=O)c1ccc(NC(=O)/C(C#N)=C/c2ccc(OCc3ccc(F)cc3)cc2)cc1. The van der Waals surface area contributed by atoms with Crippen LogP contribution in [0.3, 0.4) is 0 Å². The molecule has 0 aliphatic rings. The van der Waals surface area contributed by atoms with Crippen LogP contribution in [0.4, 0.5) is 10.1 Å². The highest BCUT2D eigenvalue weighted by Crippen LogP contribution is 2.17. The first-order valence-electron chi connectivity index (χ1n) is 10.2. The molecule has 0 fully saturated rings. The molecule has 0 aliphatic heterocycles. The van der Waals surface area contributed by atoms with Crippen LogP contribution in [0, 0.1) is 17.1 Å². The first-order valence-corrected chi connectivity index (χ1v) is 10.2. The Balaban J connectivity index is 1.61. The average molecular weight is 444 g/mol. The van der Waals surface area contributed by atoms with E-state index < -0.39 is 11.9 Å². The zero-order chi connectivity index (χ0) is 23.6. The van der Waals surface area contributed by atoms with Gasteiger partial charge in [0.1, 0.15) is 29.8 Å². The van der Waals surface area contributed by atoms with E-state index in [2.05, 4.69) is 5.32 Å². The topological polar surface area (TPSA) is 88.4 Å². The number of rotatable bonds is 8. The minimum absolute atomic E-state index is 0.0792. The van der Waals surface area contributed by atoms with Crippen LogP contribution in [-0.2, 0) is 16.1 Å². The largest absolute Gasteiger partial charge is 0.489 e. The standard InChI is InChI=1S/C26H21FN2O4/c1-2-32-26(31)20-7-11-23(12-8-20)29-25(30)21(16-28)15-18-5-13-24(14-6-18)33-17-19-3-9-22(27)10-4-19/h3-15H,2,17H2,1H3,(H,29,30)/b21-15+. The number of nitrogens with one attached hydrogen (secondary N) is 1. The van der Waals surface area contributed by atoms with Crippen molar-refractivity contribution < 1.29 is 23.5 Å². The Morgan fingerprint density at radius 2 is 1.67 bits per heavy atom. The molecule has 6 nitrogen and oxygen atoms in total.